The Morgan fingerprint density at radius 2 is 0.648 bits per heavy atom. The molecule has 14 heteroatoms. The standard InChI is InChI=1S/C94H159NO13/c1-3-5-7-9-11-13-15-17-19-21-23-25-27-29-31-33-35-37-38-39-40-41-42-43-44-46-48-50-52-54-56-58-60-62-64-66-68-70-72-74-76-78-86(99)95-82(81-105-93-91(104)89(102)92(85(80-97)107-93)108-94-90(103)88(101)87(100)84(79-96)106-94)83(98)77-75-73-71-69-67-65-63-61-59-57-55-53-51-49-47-45-36-34-32-30-28-26-24-22-20-18-16-14-12-10-8-6-4-2/h5,7,11,13,17,19,23,25,29,31,35,37,39-40,42-43,46,48,52,54,58,60,67,69,75,77,82-85,87-94,96-98,100-104H,3-4,6,8-10,12,14-16,18,20-22,24,26-28,30,32-34,36,38,41,44-45,47,49-51,53,55-57,59,61-66,68,70-74,76,78-81H2,1-2H3,(H,95,99)/b7-5-,13-11-,19-17-,25-23-,31-29-,37-35-,40-39-,43-42-,48-46-,54-52-,60-58-,69-67+,77-75+. The van der Waals surface area contributed by atoms with E-state index in [1.54, 1.807) is 6.08 Å². The summed E-state index contributed by atoms with van der Waals surface area (Å²) in [4.78, 5) is 13.4. The highest BCUT2D eigenvalue weighted by molar-refractivity contribution is 5.76. The SMILES string of the molecule is CC/C=C\C/C=C\C/C=C\C/C=C\C/C=C\C/C=C\C/C=C\C/C=C\C/C=C\C/C=C\C/C=C\CCCCCCCCCC(=O)NC(COC1OC(CO)C(OC2OC(CO)C(O)C(O)C2O)C(O)C1O)C(O)/C=C/CC/C=C/CCCCCCCCCCCCCCCCCCCCCCCCCCCCC. The van der Waals surface area contributed by atoms with E-state index in [2.05, 4.69) is 165 Å². The molecule has 0 aromatic heterocycles. The number of aliphatic hydroxyl groups excluding tert-OH is 8. The predicted octanol–water partition coefficient (Wildman–Crippen LogP) is 21.2. The van der Waals surface area contributed by atoms with E-state index < -0.39 is 86.8 Å². The molecule has 2 aliphatic rings. The average Bonchev–Trinajstić information content (AvgIpc) is 0.789. The van der Waals surface area contributed by atoms with E-state index in [9.17, 15) is 45.6 Å². The minimum atomic E-state index is -1.80. The summed E-state index contributed by atoms with van der Waals surface area (Å²) in [6.07, 6.45) is 99.1. The summed E-state index contributed by atoms with van der Waals surface area (Å²) >= 11 is 0. The molecular formula is C94H159NO13. The molecule has 2 aliphatic heterocycles. The van der Waals surface area contributed by atoms with Crippen LogP contribution in [0, 0.1) is 0 Å². The first-order chi connectivity index (χ1) is 53.1. The molecule has 0 spiro atoms. The predicted molar refractivity (Wildman–Crippen MR) is 451 cm³/mol. The number of nitrogens with one attached hydrogen (secondary N) is 1. The molecule has 9 N–H and O–H groups in total. The van der Waals surface area contributed by atoms with Crippen LogP contribution in [-0.4, -0.2) is 140 Å². The molecule has 2 heterocycles. The Labute approximate surface area is 658 Å². The van der Waals surface area contributed by atoms with Crippen LogP contribution in [0.4, 0.5) is 0 Å². The van der Waals surface area contributed by atoms with Crippen LogP contribution in [0.25, 0.3) is 0 Å². The van der Waals surface area contributed by atoms with E-state index in [1.807, 2.05) is 6.08 Å². The van der Waals surface area contributed by atoms with Crippen LogP contribution < -0.4 is 5.32 Å². The molecule has 0 saturated carbocycles. The van der Waals surface area contributed by atoms with Gasteiger partial charge < -0.3 is 65.1 Å². The zero-order valence-corrected chi connectivity index (χ0v) is 68.0. The fraction of sp³-hybridized carbons (Fsp3) is 0.713. The van der Waals surface area contributed by atoms with E-state index in [0.717, 1.165) is 128 Å². The third-order valence-corrected chi connectivity index (χ3v) is 20.2. The maximum atomic E-state index is 13.4. The first-order valence-corrected chi connectivity index (χ1v) is 43.7. The number of allylic oxidation sites excluding steroid dienone is 25. The molecule has 2 fully saturated rings. The van der Waals surface area contributed by atoms with Crippen molar-refractivity contribution >= 4 is 5.91 Å². The zero-order chi connectivity index (χ0) is 77.9. The Hall–Kier alpha value is -4.39. The second-order valence-electron chi connectivity index (χ2n) is 29.9. The molecule has 0 aromatic carbocycles. The fourth-order valence-corrected chi connectivity index (χ4v) is 13.4. The van der Waals surface area contributed by atoms with Gasteiger partial charge in [0.1, 0.15) is 48.8 Å². The highest BCUT2D eigenvalue weighted by atomic mass is 16.7. The van der Waals surface area contributed by atoms with Gasteiger partial charge in [-0.3, -0.25) is 4.79 Å². The zero-order valence-electron chi connectivity index (χ0n) is 68.0. The number of carbonyl (C=O) groups is 1. The minimum Gasteiger partial charge on any atom is -0.394 e. The van der Waals surface area contributed by atoms with Gasteiger partial charge in [0.25, 0.3) is 0 Å². The first-order valence-electron chi connectivity index (χ1n) is 43.7. The van der Waals surface area contributed by atoms with Crippen LogP contribution in [0.3, 0.4) is 0 Å². The van der Waals surface area contributed by atoms with Gasteiger partial charge in [0.05, 0.1) is 32.0 Å². The lowest BCUT2D eigenvalue weighted by atomic mass is 9.97. The molecule has 0 aliphatic carbocycles. The molecular weight excluding hydrogens is 1350 g/mol. The van der Waals surface area contributed by atoms with Gasteiger partial charge in [-0.1, -0.05) is 371 Å². The van der Waals surface area contributed by atoms with E-state index in [1.165, 1.54) is 173 Å². The highest BCUT2D eigenvalue weighted by Gasteiger charge is 2.51. The largest absolute Gasteiger partial charge is 0.394 e. The van der Waals surface area contributed by atoms with Gasteiger partial charge in [-0.25, -0.2) is 0 Å². The summed E-state index contributed by atoms with van der Waals surface area (Å²) in [5, 5.41) is 87.8. The third kappa shape index (κ3) is 56.8. The molecule has 618 valence electrons. The lowest BCUT2D eigenvalue weighted by molar-refractivity contribution is -0.359. The Bertz CT molecular complexity index is 2440. The van der Waals surface area contributed by atoms with E-state index in [4.69, 9.17) is 18.9 Å². The quantitative estimate of drug-likeness (QED) is 0.0204. The smallest absolute Gasteiger partial charge is 0.220 e. The monoisotopic (exact) mass is 1510 g/mol. The molecule has 0 aromatic rings. The Morgan fingerprint density at radius 1 is 0.343 bits per heavy atom. The van der Waals surface area contributed by atoms with Crippen LogP contribution >= 0.6 is 0 Å². The van der Waals surface area contributed by atoms with Crippen LogP contribution in [-0.2, 0) is 23.7 Å². The van der Waals surface area contributed by atoms with Gasteiger partial charge in [0.2, 0.25) is 5.91 Å². The molecule has 108 heavy (non-hydrogen) atoms. The summed E-state index contributed by atoms with van der Waals surface area (Å²) in [7, 11) is 0. The van der Waals surface area contributed by atoms with Crippen LogP contribution in [0.5, 0.6) is 0 Å². The van der Waals surface area contributed by atoms with Crippen molar-refractivity contribution in [1.29, 1.82) is 0 Å². The van der Waals surface area contributed by atoms with E-state index in [0.29, 0.717) is 12.8 Å². The topological polar surface area (TPSA) is 228 Å². The number of hydrogen-bond acceptors (Lipinski definition) is 13. The van der Waals surface area contributed by atoms with Crippen molar-refractivity contribution in [3.05, 3.63) is 158 Å². The Kier molecular flexibility index (Phi) is 69.5. The van der Waals surface area contributed by atoms with Gasteiger partial charge in [-0.05, 0) is 116 Å². The van der Waals surface area contributed by atoms with Crippen LogP contribution in [0.15, 0.2) is 158 Å². The number of unbranched alkanes of at least 4 members (excludes halogenated alkanes) is 35. The summed E-state index contributed by atoms with van der Waals surface area (Å²) in [5.74, 6) is -0.263. The van der Waals surface area contributed by atoms with E-state index in [-0.39, 0.29) is 18.9 Å². The normalized spacial score (nSPS) is 21.9. The number of hydrogen-bond donors (Lipinski definition) is 9. The molecule has 1 amide bonds. The number of carbonyl (C=O) groups excluding carboxylic acids is 1. The summed E-state index contributed by atoms with van der Waals surface area (Å²) in [6.45, 7) is 2.69. The average molecular weight is 1510 g/mol. The number of amides is 1. The molecule has 14 nitrogen and oxygen atoms in total. The second kappa shape index (κ2) is 75.3. The second-order valence-corrected chi connectivity index (χ2v) is 29.9. The molecule has 2 saturated heterocycles. The summed E-state index contributed by atoms with van der Waals surface area (Å²) in [6, 6.07) is -0.952. The minimum absolute atomic E-state index is 0.251. The fourth-order valence-electron chi connectivity index (χ4n) is 13.4. The van der Waals surface area contributed by atoms with E-state index >= 15 is 0 Å². The van der Waals surface area contributed by atoms with Crippen LogP contribution in [0.2, 0.25) is 0 Å². The van der Waals surface area contributed by atoms with Crippen molar-refractivity contribution in [1.82, 2.24) is 5.32 Å². The lowest BCUT2D eigenvalue weighted by Gasteiger charge is -2.46. The molecule has 0 bridgehead atoms. The van der Waals surface area contributed by atoms with Crippen molar-refractivity contribution in [2.45, 2.75) is 408 Å². The lowest BCUT2D eigenvalue weighted by Crippen LogP contribution is -2.65. The maximum absolute atomic E-state index is 13.4. The van der Waals surface area contributed by atoms with Crippen molar-refractivity contribution < 1.29 is 64.6 Å². The van der Waals surface area contributed by atoms with Gasteiger partial charge in [0.15, 0.2) is 12.6 Å². The van der Waals surface area contributed by atoms with Gasteiger partial charge >= 0.3 is 0 Å². The van der Waals surface area contributed by atoms with Gasteiger partial charge in [-0.15, -0.1) is 0 Å². The van der Waals surface area contributed by atoms with Crippen molar-refractivity contribution in [2.75, 3.05) is 19.8 Å². The Balaban J connectivity index is 1.62. The van der Waals surface area contributed by atoms with Gasteiger partial charge in [-0.2, -0.15) is 0 Å². The Morgan fingerprint density at radius 3 is 1.02 bits per heavy atom. The molecule has 2 rings (SSSR count). The molecule has 12 atom stereocenters. The number of ether oxygens (including phenoxy) is 4. The van der Waals surface area contributed by atoms with Crippen LogP contribution in [0.1, 0.15) is 335 Å². The molecule has 0 radical (unpaired) electrons. The first kappa shape index (κ1) is 99.7. The summed E-state index contributed by atoms with van der Waals surface area (Å²) in [5.41, 5.74) is 0. The van der Waals surface area contributed by atoms with Gasteiger partial charge in [0, 0.05) is 6.42 Å². The van der Waals surface area contributed by atoms with Crippen molar-refractivity contribution in [3.8, 4) is 0 Å². The highest BCUT2D eigenvalue weighted by Crippen LogP contribution is 2.30. The number of rotatable bonds is 72. The summed E-state index contributed by atoms with van der Waals surface area (Å²) < 4.78 is 22.9. The maximum Gasteiger partial charge on any atom is 0.220 e. The van der Waals surface area contributed by atoms with Crippen molar-refractivity contribution in [2.24, 2.45) is 0 Å². The van der Waals surface area contributed by atoms with Crippen molar-refractivity contribution in [3.63, 3.8) is 0 Å². The third-order valence-electron chi connectivity index (χ3n) is 20.2. The molecule has 12 unspecified atom stereocenters. The number of aliphatic hydroxyl groups is 8.